The summed E-state index contributed by atoms with van der Waals surface area (Å²) in [6.07, 6.45) is 1.95. The second kappa shape index (κ2) is 10.1. The molecule has 2 aromatic carbocycles. The number of hydrogen-bond donors (Lipinski definition) is 2. The Morgan fingerprint density at radius 1 is 1.09 bits per heavy atom. The fourth-order valence-electron chi connectivity index (χ4n) is 5.45. The minimum atomic E-state index is -1.02. The third-order valence-corrected chi connectivity index (χ3v) is 7.35. The fraction of sp³-hybridized carbons (Fsp3) is 0.464. The van der Waals surface area contributed by atoms with Crippen molar-refractivity contribution >= 4 is 18.0 Å². The first-order chi connectivity index (χ1) is 16.7. The van der Waals surface area contributed by atoms with E-state index in [0.29, 0.717) is 19.4 Å². The lowest BCUT2D eigenvalue weighted by Crippen LogP contribution is -2.54. The molecular formula is C28H34N2O5. The van der Waals surface area contributed by atoms with Crippen LogP contribution < -0.4 is 5.32 Å². The van der Waals surface area contributed by atoms with Crippen LogP contribution in [-0.2, 0) is 14.3 Å². The Balaban J connectivity index is 1.45. The summed E-state index contributed by atoms with van der Waals surface area (Å²) in [5.41, 5.74) is 3.99. The van der Waals surface area contributed by atoms with E-state index >= 15 is 0 Å². The van der Waals surface area contributed by atoms with E-state index in [9.17, 15) is 19.5 Å². The van der Waals surface area contributed by atoms with Crippen molar-refractivity contribution in [1.82, 2.24) is 10.2 Å². The molecule has 2 N–H and O–H groups in total. The van der Waals surface area contributed by atoms with Gasteiger partial charge >= 0.3 is 12.1 Å². The van der Waals surface area contributed by atoms with Crippen LogP contribution >= 0.6 is 0 Å². The number of carbonyl (C=O) groups excluding carboxylic acids is 2. The summed E-state index contributed by atoms with van der Waals surface area (Å²) in [6.45, 7) is 6.24. The molecule has 1 fully saturated rings. The van der Waals surface area contributed by atoms with Gasteiger partial charge in [0.15, 0.2) is 0 Å². The van der Waals surface area contributed by atoms with Crippen LogP contribution in [0.3, 0.4) is 0 Å². The van der Waals surface area contributed by atoms with Crippen LogP contribution in [0.5, 0.6) is 0 Å². The van der Waals surface area contributed by atoms with Gasteiger partial charge in [0.05, 0.1) is 0 Å². The number of amides is 2. The zero-order valence-corrected chi connectivity index (χ0v) is 20.6. The normalized spacial score (nSPS) is 19.1. The number of carboxylic acid groups (broad SMARTS) is 1. The number of benzene rings is 2. The number of fused-ring (bicyclic) bond motifs is 3. The van der Waals surface area contributed by atoms with Crippen molar-refractivity contribution in [3.8, 4) is 11.1 Å². The Hall–Kier alpha value is -3.35. The second-order valence-corrected chi connectivity index (χ2v) is 10.2. The molecule has 0 spiro atoms. The van der Waals surface area contributed by atoms with Gasteiger partial charge in [0.2, 0.25) is 5.91 Å². The molecule has 7 nitrogen and oxygen atoms in total. The molecular weight excluding hydrogens is 444 g/mol. The molecule has 0 saturated carbocycles. The first kappa shape index (κ1) is 24.8. The Kier molecular flexibility index (Phi) is 7.15. The molecule has 0 aromatic heterocycles. The van der Waals surface area contributed by atoms with E-state index < -0.39 is 29.6 Å². The fourth-order valence-corrected chi connectivity index (χ4v) is 5.45. The number of carbonyl (C=O) groups is 3. The molecule has 1 aliphatic carbocycles. The van der Waals surface area contributed by atoms with Crippen LogP contribution in [0.1, 0.15) is 63.5 Å². The van der Waals surface area contributed by atoms with E-state index in [-0.39, 0.29) is 18.4 Å². The summed E-state index contributed by atoms with van der Waals surface area (Å²) < 4.78 is 5.64. The van der Waals surface area contributed by atoms with E-state index in [0.717, 1.165) is 35.1 Å². The quantitative estimate of drug-likeness (QED) is 0.568. The van der Waals surface area contributed by atoms with E-state index in [4.69, 9.17) is 4.74 Å². The number of nitrogens with zero attached hydrogens (tertiary/aromatic N) is 1. The predicted octanol–water partition coefficient (Wildman–Crippen LogP) is 4.80. The molecule has 0 radical (unpaired) electrons. The lowest BCUT2D eigenvalue weighted by molar-refractivity contribution is -0.152. The highest BCUT2D eigenvalue weighted by atomic mass is 16.5. The Morgan fingerprint density at radius 2 is 1.69 bits per heavy atom. The van der Waals surface area contributed by atoms with Gasteiger partial charge in [-0.3, -0.25) is 4.79 Å². The molecule has 1 saturated heterocycles. The molecule has 7 heteroatoms. The minimum absolute atomic E-state index is 0.0753. The maximum atomic E-state index is 13.4. The lowest BCUT2D eigenvalue weighted by atomic mass is 9.84. The van der Waals surface area contributed by atoms with Crippen molar-refractivity contribution in [2.75, 3.05) is 13.2 Å². The summed E-state index contributed by atoms with van der Waals surface area (Å²) in [5, 5.41) is 12.5. The van der Waals surface area contributed by atoms with Crippen LogP contribution in [0.2, 0.25) is 0 Å². The Morgan fingerprint density at radius 3 is 2.26 bits per heavy atom. The van der Waals surface area contributed by atoms with Gasteiger partial charge in [-0.05, 0) is 40.5 Å². The minimum Gasteiger partial charge on any atom is -0.480 e. The number of carboxylic acids is 1. The number of alkyl carbamates (subject to hydrolysis) is 1. The number of likely N-dealkylation sites (tertiary alicyclic amines) is 1. The largest absolute Gasteiger partial charge is 0.480 e. The van der Waals surface area contributed by atoms with Crippen molar-refractivity contribution in [2.45, 2.75) is 64.5 Å². The average molecular weight is 479 g/mol. The van der Waals surface area contributed by atoms with Crippen molar-refractivity contribution in [3.05, 3.63) is 59.7 Å². The van der Waals surface area contributed by atoms with E-state index in [2.05, 4.69) is 29.6 Å². The monoisotopic (exact) mass is 478 g/mol. The number of rotatable bonds is 8. The molecule has 2 aliphatic rings. The highest BCUT2D eigenvalue weighted by Gasteiger charge is 2.48. The lowest BCUT2D eigenvalue weighted by Gasteiger charge is -2.31. The van der Waals surface area contributed by atoms with Gasteiger partial charge < -0.3 is 20.1 Å². The van der Waals surface area contributed by atoms with Crippen molar-refractivity contribution in [1.29, 1.82) is 0 Å². The van der Waals surface area contributed by atoms with Crippen molar-refractivity contribution < 1.29 is 24.2 Å². The summed E-state index contributed by atoms with van der Waals surface area (Å²) in [6, 6.07) is 14.5. The Labute approximate surface area is 206 Å². The number of unbranched alkanes of at least 4 members (excludes halogenated alkanes) is 1. The number of ether oxygens (including phenoxy) is 1. The maximum Gasteiger partial charge on any atom is 0.407 e. The average Bonchev–Trinajstić information content (AvgIpc) is 3.33. The zero-order valence-electron chi connectivity index (χ0n) is 20.6. The molecule has 35 heavy (non-hydrogen) atoms. The smallest absolute Gasteiger partial charge is 0.407 e. The van der Waals surface area contributed by atoms with Crippen LogP contribution in [0.4, 0.5) is 4.79 Å². The number of nitrogens with one attached hydrogen (secondary N) is 1. The van der Waals surface area contributed by atoms with E-state index in [1.165, 1.54) is 4.90 Å². The van der Waals surface area contributed by atoms with Crippen LogP contribution in [-0.4, -0.2) is 53.2 Å². The van der Waals surface area contributed by atoms with Crippen molar-refractivity contribution in [3.63, 3.8) is 0 Å². The second-order valence-electron chi connectivity index (χ2n) is 10.2. The summed E-state index contributed by atoms with van der Waals surface area (Å²) in [4.78, 5) is 39.6. The molecule has 2 atom stereocenters. The summed E-state index contributed by atoms with van der Waals surface area (Å²) in [7, 11) is 0. The van der Waals surface area contributed by atoms with Gasteiger partial charge in [0.1, 0.15) is 18.7 Å². The summed E-state index contributed by atoms with van der Waals surface area (Å²) >= 11 is 0. The van der Waals surface area contributed by atoms with Gasteiger partial charge in [0, 0.05) is 12.5 Å². The van der Waals surface area contributed by atoms with Crippen molar-refractivity contribution in [2.24, 2.45) is 5.41 Å². The molecule has 2 aromatic rings. The van der Waals surface area contributed by atoms with Gasteiger partial charge in [0.25, 0.3) is 0 Å². The van der Waals surface area contributed by atoms with E-state index in [1.807, 2.05) is 45.0 Å². The van der Waals surface area contributed by atoms with Gasteiger partial charge in [-0.15, -0.1) is 0 Å². The SMILES string of the molecule is CCCC[C@H](NC(=O)OCC1c2ccccc2-c2ccccc21)C(=O)N1CCC(C)(C)C1C(=O)O. The first-order valence-electron chi connectivity index (χ1n) is 12.4. The number of hydrogen-bond acceptors (Lipinski definition) is 4. The maximum absolute atomic E-state index is 13.4. The molecule has 0 bridgehead atoms. The standard InChI is InChI=1S/C28H34N2O5/c1-4-5-14-23(25(31)30-16-15-28(2,3)24(30)26(32)33)29-27(34)35-17-22-20-12-8-6-10-18(20)19-11-7-9-13-21(19)22/h6-13,22-24H,4-5,14-17H2,1-3H3,(H,29,34)(H,32,33)/t23-,24?/m0/s1. The third kappa shape index (κ3) is 4.90. The highest BCUT2D eigenvalue weighted by molar-refractivity contribution is 5.90. The highest BCUT2D eigenvalue weighted by Crippen LogP contribution is 2.44. The molecule has 1 aliphatic heterocycles. The van der Waals surface area contributed by atoms with Crippen LogP contribution in [0, 0.1) is 5.41 Å². The first-order valence-corrected chi connectivity index (χ1v) is 12.4. The molecule has 1 heterocycles. The molecule has 4 rings (SSSR count). The zero-order chi connectivity index (χ0) is 25.2. The number of aliphatic carboxylic acids is 1. The Bertz CT molecular complexity index is 1070. The topological polar surface area (TPSA) is 95.9 Å². The van der Waals surface area contributed by atoms with Gasteiger partial charge in [-0.1, -0.05) is 82.1 Å². The van der Waals surface area contributed by atoms with Gasteiger partial charge in [-0.2, -0.15) is 0 Å². The van der Waals surface area contributed by atoms with Crippen LogP contribution in [0.15, 0.2) is 48.5 Å². The van der Waals surface area contributed by atoms with Crippen LogP contribution in [0.25, 0.3) is 11.1 Å². The summed E-state index contributed by atoms with van der Waals surface area (Å²) in [5.74, 6) is -1.45. The molecule has 186 valence electrons. The van der Waals surface area contributed by atoms with Gasteiger partial charge in [-0.25, -0.2) is 9.59 Å². The van der Waals surface area contributed by atoms with E-state index in [1.54, 1.807) is 0 Å². The third-order valence-electron chi connectivity index (χ3n) is 7.35. The molecule has 1 unspecified atom stereocenters. The predicted molar refractivity (Wildman–Crippen MR) is 133 cm³/mol. The molecule has 2 amide bonds.